The number of carboxylic acid groups (broad SMARTS) is 3. The fourth-order valence-electron chi connectivity index (χ4n) is 10.1. The molecule has 0 fully saturated rings. The molecule has 0 aliphatic heterocycles. The van der Waals surface area contributed by atoms with Gasteiger partial charge in [-0.05, 0) is 102 Å². The van der Waals surface area contributed by atoms with Gasteiger partial charge in [0.15, 0.2) is 17.9 Å². The van der Waals surface area contributed by atoms with Crippen molar-refractivity contribution in [3.05, 3.63) is 29.8 Å². The summed E-state index contributed by atoms with van der Waals surface area (Å²) in [6, 6.07) is -13.6. The molecule has 0 bridgehead atoms. The average Bonchev–Trinajstić information content (AvgIpc) is 0.868. The Labute approximate surface area is 649 Å². The van der Waals surface area contributed by atoms with Crippen LogP contribution >= 0.6 is 0 Å². The Morgan fingerprint density at radius 2 is 0.752 bits per heavy atom. The third-order valence-electron chi connectivity index (χ3n) is 15.9. The van der Waals surface area contributed by atoms with Crippen LogP contribution < -0.4 is 115 Å². The first-order valence-corrected chi connectivity index (χ1v) is 35.6. The molecule has 0 spiro atoms. The molecule has 0 saturated heterocycles. The Morgan fingerprint density at radius 3 is 1.20 bits per heavy atom. The van der Waals surface area contributed by atoms with Crippen LogP contribution in [0.2, 0.25) is 0 Å². The van der Waals surface area contributed by atoms with Gasteiger partial charge in [0.2, 0.25) is 82.7 Å². The number of hydrogen-bond donors (Lipinski definition) is 27. The van der Waals surface area contributed by atoms with Crippen LogP contribution in [0.3, 0.4) is 0 Å². The van der Waals surface area contributed by atoms with Crippen molar-refractivity contribution in [2.45, 2.75) is 198 Å². The number of aliphatic hydroxyl groups is 2. The second-order valence-corrected chi connectivity index (χ2v) is 26.8. The molecular weight excluding hydrogens is 1500 g/mol. The van der Waals surface area contributed by atoms with Crippen LogP contribution in [0.1, 0.15) is 118 Å². The molecule has 0 aromatic heterocycles. The van der Waals surface area contributed by atoms with E-state index in [0.717, 1.165) is 6.92 Å². The lowest BCUT2D eigenvalue weighted by Crippen LogP contribution is -2.60. The Hall–Kier alpha value is -12.3. The number of nitrogens with two attached hydrogens (primary N) is 7. The van der Waals surface area contributed by atoms with Gasteiger partial charge in [0.1, 0.15) is 72.2 Å². The smallest absolute Gasteiger partial charge is 0.326 e. The van der Waals surface area contributed by atoms with Crippen LogP contribution in [0.25, 0.3) is 0 Å². The lowest BCUT2D eigenvalue weighted by Gasteiger charge is -2.28. The Bertz CT molecular complexity index is 3530. The minimum Gasteiger partial charge on any atom is -0.508 e. The first-order valence-electron chi connectivity index (χ1n) is 35.6. The van der Waals surface area contributed by atoms with E-state index in [-0.39, 0.29) is 113 Å². The number of phenols is 1. The molecule has 0 radical (unpaired) electrons. The standard InChI is InChI=1S/C66H110N24O23/c1-30(2)21-41(59(108)88-43(25-50(99)100)60(109)89-44(63(112)113)22-31(3)4)87-57(106)40(13-10-20-76-66(72)73)85-62(111)51(34(7)92)90-48(96)28-79-56(105)39(12-9-19-75-65(70)71)84-61(110)45(29-91)82-47(95)27-77-52(101)32(5)81-58(107)42(23-35-14-16-36(93)17-15-35)86-53(102)33(6)80-46(94)26-78-55(104)38(11-8-18-74-64(68)69)83-54(103)37(67)24-49(97)98/h14-17,30-34,37-45,51,91-93H,8-13,18-29,67H2,1-7H3,(H,77,101)(H,78,104)(H,79,105)(H,80,94)(H,81,107)(H,82,95)(H,83,103)(H,84,110)(H,85,111)(H,86,102)(H,87,106)(H,88,108)(H,89,109)(H,90,96)(H,97,98)(H,99,100)(H,112,113)(H4,68,69,74)(H4,70,71,75)(H4,72,73,76)/t32-,33-,34+,37-,38-,39-,40-,41-,42-,43-,44-,45-,51-/m0/s1. The summed E-state index contributed by atoms with van der Waals surface area (Å²) < 4.78 is 0. The minimum atomic E-state index is -1.89. The number of carbonyl (C=O) groups is 17. The van der Waals surface area contributed by atoms with Crippen molar-refractivity contribution in [1.82, 2.24) is 74.4 Å². The van der Waals surface area contributed by atoms with Crippen molar-refractivity contribution < 1.29 is 112 Å². The number of nitrogens with one attached hydrogen (secondary N) is 14. The van der Waals surface area contributed by atoms with Gasteiger partial charge >= 0.3 is 17.9 Å². The quantitative estimate of drug-likeness (QED) is 0.0164. The van der Waals surface area contributed by atoms with Gasteiger partial charge in [-0.25, -0.2) is 4.79 Å². The molecule has 1 rings (SSSR count). The fourth-order valence-corrected chi connectivity index (χ4v) is 10.1. The van der Waals surface area contributed by atoms with E-state index in [4.69, 9.17) is 45.2 Å². The zero-order valence-corrected chi connectivity index (χ0v) is 63.7. The number of phenolic OH excluding ortho intramolecular Hbond substituents is 1. The molecule has 632 valence electrons. The van der Waals surface area contributed by atoms with Gasteiger partial charge in [-0.1, -0.05) is 39.8 Å². The van der Waals surface area contributed by atoms with Crippen LogP contribution in [0.15, 0.2) is 39.2 Å². The maximum absolute atomic E-state index is 14.1. The van der Waals surface area contributed by atoms with Crippen LogP contribution in [-0.4, -0.2) is 274 Å². The highest BCUT2D eigenvalue weighted by Crippen LogP contribution is 2.14. The van der Waals surface area contributed by atoms with E-state index in [2.05, 4.69) is 89.4 Å². The fraction of sp³-hybridized carbons (Fsp3) is 0.606. The van der Waals surface area contributed by atoms with E-state index in [1.54, 1.807) is 27.7 Å². The first-order chi connectivity index (χ1) is 52.8. The molecule has 34 N–H and O–H groups in total. The monoisotopic (exact) mass is 1610 g/mol. The second kappa shape index (κ2) is 51.2. The summed E-state index contributed by atoms with van der Waals surface area (Å²) in [5.74, 6) is -20.8. The number of rotatable bonds is 53. The number of hydrogen-bond acceptors (Lipinski definition) is 24. The third kappa shape index (κ3) is 41.4. The molecule has 0 unspecified atom stereocenters. The van der Waals surface area contributed by atoms with Crippen molar-refractivity contribution in [1.29, 1.82) is 0 Å². The molecule has 0 saturated carbocycles. The van der Waals surface area contributed by atoms with Gasteiger partial charge in [-0.15, -0.1) is 0 Å². The Balaban J connectivity index is 3.27. The lowest BCUT2D eigenvalue weighted by atomic mass is 10.0. The van der Waals surface area contributed by atoms with Crippen LogP contribution in [0.5, 0.6) is 5.75 Å². The van der Waals surface area contributed by atoms with Crippen LogP contribution in [0.4, 0.5) is 0 Å². The number of carbonyl (C=O) groups excluding carboxylic acids is 14. The molecular formula is C66H110N24O23. The van der Waals surface area contributed by atoms with Crippen molar-refractivity contribution in [3.63, 3.8) is 0 Å². The topological polar surface area (TPSA) is 799 Å². The number of aromatic hydroxyl groups is 1. The van der Waals surface area contributed by atoms with Gasteiger partial charge < -0.3 is 145 Å². The van der Waals surface area contributed by atoms with Crippen LogP contribution in [0, 0.1) is 11.8 Å². The van der Waals surface area contributed by atoms with Crippen molar-refractivity contribution in [2.75, 3.05) is 45.9 Å². The van der Waals surface area contributed by atoms with Crippen molar-refractivity contribution >= 4 is 118 Å². The summed E-state index contributed by atoms with van der Waals surface area (Å²) in [7, 11) is 0. The molecule has 1 aromatic carbocycles. The summed E-state index contributed by atoms with van der Waals surface area (Å²) in [6.07, 6.45) is -4.53. The summed E-state index contributed by atoms with van der Waals surface area (Å²) in [4.78, 5) is 235. The number of guanidine groups is 3. The maximum atomic E-state index is 14.1. The van der Waals surface area contributed by atoms with Crippen molar-refractivity contribution in [2.24, 2.45) is 66.9 Å². The van der Waals surface area contributed by atoms with E-state index in [0.29, 0.717) is 5.56 Å². The van der Waals surface area contributed by atoms with Gasteiger partial charge in [0.25, 0.3) is 0 Å². The third-order valence-corrected chi connectivity index (χ3v) is 15.9. The predicted octanol–water partition coefficient (Wildman–Crippen LogP) is -11.4. The number of nitrogens with zero attached hydrogens (tertiary/aromatic N) is 3. The van der Waals surface area contributed by atoms with Gasteiger partial charge in [0, 0.05) is 26.1 Å². The number of amides is 14. The summed E-state index contributed by atoms with van der Waals surface area (Å²) in [5, 5.41) is 91.6. The number of carboxylic acids is 3. The van der Waals surface area contributed by atoms with Gasteiger partial charge in [0.05, 0.1) is 51.2 Å². The highest BCUT2D eigenvalue weighted by Gasteiger charge is 2.37. The van der Waals surface area contributed by atoms with Crippen molar-refractivity contribution in [3.8, 4) is 5.75 Å². The summed E-state index contributed by atoms with van der Waals surface area (Å²) in [6.45, 7) is 6.21. The van der Waals surface area contributed by atoms with E-state index in [1.165, 1.54) is 38.1 Å². The molecule has 1 aromatic rings. The molecule has 13 atom stereocenters. The number of benzene rings is 1. The summed E-state index contributed by atoms with van der Waals surface area (Å²) in [5.41, 5.74) is 38.5. The zero-order valence-electron chi connectivity index (χ0n) is 63.7. The second-order valence-electron chi connectivity index (χ2n) is 26.8. The van der Waals surface area contributed by atoms with E-state index in [1.807, 2.05) is 0 Å². The summed E-state index contributed by atoms with van der Waals surface area (Å²) >= 11 is 0. The number of aliphatic hydroxyl groups excluding tert-OH is 2. The lowest BCUT2D eigenvalue weighted by molar-refractivity contribution is -0.144. The molecule has 0 heterocycles. The van der Waals surface area contributed by atoms with E-state index < -0.39 is 218 Å². The highest BCUT2D eigenvalue weighted by atomic mass is 16.4. The maximum Gasteiger partial charge on any atom is 0.326 e. The predicted molar refractivity (Wildman–Crippen MR) is 401 cm³/mol. The zero-order chi connectivity index (χ0) is 85.9. The Kier molecular flexibility index (Phi) is 44.7. The highest BCUT2D eigenvalue weighted by molar-refractivity contribution is 6.00. The van der Waals surface area contributed by atoms with E-state index in [9.17, 15) is 107 Å². The molecule has 0 aliphatic rings. The minimum absolute atomic E-state index is 0.0160. The van der Waals surface area contributed by atoms with Gasteiger partial charge in [-0.3, -0.25) is 91.7 Å². The first kappa shape index (κ1) is 98.7. The number of aliphatic imine (C=N–C) groups is 3. The largest absolute Gasteiger partial charge is 0.508 e. The van der Waals surface area contributed by atoms with Gasteiger partial charge in [-0.2, -0.15) is 0 Å². The molecule has 14 amide bonds. The molecule has 47 nitrogen and oxygen atoms in total. The normalized spacial score (nSPS) is 14.3. The molecule has 0 aliphatic carbocycles. The van der Waals surface area contributed by atoms with Crippen LogP contribution in [-0.2, 0) is 87.9 Å². The number of aliphatic carboxylic acids is 3. The average molecular weight is 1610 g/mol. The SMILES string of the molecule is CC(C)C[C@H](NC(=O)[C@H](CC(=O)O)NC(=O)[C@H](CC(C)C)NC(=O)[C@H](CCCN=C(N)N)NC(=O)[C@@H](NC(=O)CNC(=O)[C@H](CCCN=C(N)N)NC(=O)[C@H](CO)NC(=O)CNC(=O)[C@H](C)NC(=O)[C@H](Cc1ccc(O)cc1)NC(=O)[C@H](C)NC(=O)CNC(=O)[C@H](CCCN=C(N)N)NC(=O)[C@@H](N)CC(=O)O)[C@@H](C)O)C(=O)O. The molecule has 47 heteroatoms. The Morgan fingerprint density at radius 1 is 0.389 bits per heavy atom. The van der Waals surface area contributed by atoms with E-state index >= 15 is 0 Å². The molecule has 113 heavy (non-hydrogen) atoms.